The molecule has 0 aliphatic heterocycles. The summed E-state index contributed by atoms with van der Waals surface area (Å²) in [5.41, 5.74) is 0.491. The van der Waals surface area contributed by atoms with Gasteiger partial charge in [0.15, 0.2) is 5.16 Å². The number of hydrogen-bond acceptors (Lipinski definition) is 7. The van der Waals surface area contributed by atoms with Crippen LogP contribution >= 0.6 is 34.4 Å². The SMILES string of the molecule is C[C@@H](Sc1nnc(Cc2cccs2)n1C1CC1)C(=O)Nc1sccc1C#N. The van der Waals surface area contributed by atoms with E-state index in [4.69, 9.17) is 5.26 Å². The van der Waals surface area contributed by atoms with Crippen LogP contribution in [0.3, 0.4) is 0 Å². The standard InChI is InChI=1S/C18H17N5OS3/c1-11(16(24)20-17-12(10-19)6-8-26-17)27-18-22-21-15(23(18)13-4-5-13)9-14-3-2-7-25-14/h2-3,6-8,11,13H,4-5,9H2,1H3,(H,20,24)/t11-/m1/s1. The molecule has 6 nitrogen and oxygen atoms in total. The van der Waals surface area contributed by atoms with Crippen LogP contribution in [0.2, 0.25) is 0 Å². The Morgan fingerprint density at radius 1 is 1.41 bits per heavy atom. The minimum absolute atomic E-state index is 0.135. The Morgan fingerprint density at radius 2 is 2.26 bits per heavy atom. The number of carbonyl (C=O) groups is 1. The average Bonchev–Trinajstić information content (AvgIpc) is 3.05. The second-order valence-corrected chi connectivity index (χ2v) is 9.54. The van der Waals surface area contributed by atoms with Crippen molar-refractivity contribution >= 4 is 45.3 Å². The van der Waals surface area contributed by atoms with Gasteiger partial charge in [-0.25, -0.2) is 0 Å². The summed E-state index contributed by atoms with van der Waals surface area (Å²) in [6.07, 6.45) is 3.03. The van der Waals surface area contributed by atoms with Crippen molar-refractivity contribution in [3.63, 3.8) is 0 Å². The first-order valence-electron chi connectivity index (χ1n) is 8.57. The van der Waals surface area contributed by atoms with Crippen LogP contribution in [-0.4, -0.2) is 25.9 Å². The molecular formula is C18H17N5OS3. The number of hydrogen-bond donors (Lipinski definition) is 1. The predicted octanol–water partition coefficient (Wildman–Crippen LogP) is 4.32. The third-order valence-corrected chi connectivity index (χ3v) is 7.00. The minimum atomic E-state index is -0.338. The lowest BCUT2D eigenvalue weighted by Crippen LogP contribution is -2.22. The average molecular weight is 416 g/mol. The molecule has 0 aromatic carbocycles. The van der Waals surface area contributed by atoms with Crippen LogP contribution in [0.5, 0.6) is 0 Å². The van der Waals surface area contributed by atoms with E-state index in [1.165, 1.54) is 28.0 Å². The van der Waals surface area contributed by atoms with Gasteiger partial charge in [-0.2, -0.15) is 5.26 Å². The number of nitrogens with zero attached hydrogens (tertiary/aromatic N) is 4. The number of anilines is 1. The summed E-state index contributed by atoms with van der Waals surface area (Å²) in [5, 5.41) is 25.6. The predicted molar refractivity (Wildman–Crippen MR) is 108 cm³/mol. The Labute approximate surface area is 169 Å². The molecule has 0 spiro atoms. The molecular weight excluding hydrogens is 398 g/mol. The third kappa shape index (κ3) is 4.08. The number of carbonyl (C=O) groups excluding carboxylic acids is 1. The van der Waals surface area contributed by atoms with Gasteiger partial charge >= 0.3 is 0 Å². The molecule has 0 unspecified atom stereocenters. The summed E-state index contributed by atoms with van der Waals surface area (Å²) in [6, 6.07) is 8.38. The first kappa shape index (κ1) is 18.2. The normalized spacial score (nSPS) is 14.7. The van der Waals surface area contributed by atoms with Gasteiger partial charge in [0.05, 0.1) is 10.8 Å². The summed E-state index contributed by atoms with van der Waals surface area (Å²) < 4.78 is 2.19. The molecule has 1 aliphatic carbocycles. The zero-order valence-corrected chi connectivity index (χ0v) is 17.0. The van der Waals surface area contributed by atoms with Crippen LogP contribution in [0.25, 0.3) is 0 Å². The largest absolute Gasteiger partial charge is 0.316 e. The number of thioether (sulfide) groups is 1. The van der Waals surface area contributed by atoms with E-state index in [9.17, 15) is 4.79 Å². The fourth-order valence-corrected chi connectivity index (χ4v) is 5.08. The molecule has 1 saturated carbocycles. The summed E-state index contributed by atoms with van der Waals surface area (Å²) in [6.45, 7) is 1.85. The highest BCUT2D eigenvalue weighted by Gasteiger charge is 2.31. The van der Waals surface area contributed by atoms with Gasteiger partial charge in [0.25, 0.3) is 0 Å². The van der Waals surface area contributed by atoms with Crippen LogP contribution in [0.4, 0.5) is 5.00 Å². The van der Waals surface area contributed by atoms with Crippen molar-refractivity contribution in [3.8, 4) is 6.07 Å². The van der Waals surface area contributed by atoms with E-state index in [1.807, 2.05) is 13.0 Å². The van der Waals surface area contributed by atoms with Crippen molar-refractivity contribution in [3.05, 3.63) is 45.2 Å². The number of nitrogens with one attached hydrogen (secondary N) is 1. The van der Waals surface area contributed by atoms with Crippen molar-refractivity contribution in [2.24, 2.45) is 0 Å². The van der Waals surface area contributed by atoms with Crippen molar-refractivity contribution in [2.45, 2.75) is 42.6 Å². The Kier molecular flexibility index (Phi) is 5.29. The molecule has 1 fully saturated rings. The first-order valence-corrected chi connectivity index (χ1v) is 11.2. The van der Waals surface area contributed by atoms with Gasteiger partial charge in [-0.05, 0) is 42.7 Å². The van der Waals surface area contributed by atoms with Crippen molar-refractivity contribution in [2.75, 3.05) is 5.32 Å². The highest BCUT2D eigenvalue weighted by molar-refractivity contribution is 8.00. The van der Waals surface area contributed by atoms with Crippen LogP contribution < -0.4 is 5.32 Å². The third-order valence-electron chi connectivity index (χ3n) is 4.23. The lowest BCUT2D eigenvalue weighted by atomic mass is 10.3. The summed E-state index contributed by atoms with van der Waals surface area (Å²) >= 11 is 4.49. The maximum atomic E-state index is 12.6. The van der Waals surface area contributed by atoms with Gasteiger partial charge in [0, 0.05) is 17.3 Å². The minimum Gasteiger partial charge on any atom is -0.316 e. The molecule has 0 radical (unpaired) electrons. The van der Waals surface area contributed by atoms with Gasteiger partial charge in [0.1, 0.15) is 16.9 Å². The van der Waals surface area contributed by atoms with E-state index in [2.05, 4.69) is 37.6 Å². The Bertz CT molecular complexity index is 981. The summed E-state index contributed by atoms with van der Waals surface area (Å²) in [5.74, 6) is 0.823. The van der Waals surface area contributed by atoms with Gasteiger partial charge in [0.2, 0.25) is 5.91 Å². The second-order valence-electron chi connectivity index (χ2n) is 6.28. The van der Waals surface area contributed by atoms with Gasteiger partial charge < -0.3 is 9.88 Å². The van der Waals surface area contributed by atoms with E-state index >= 15 is 0 Å². The molecule has 27 heavy (non-hydrogen) atoms. The molecule has 3 aromatic heterocycles. The topological polar surface area (TPSA) is 83.6 Å². The van der Waals surface area contributed by atoms with Gasteiger partial charge in [-0.3, -0.25) is 4.79 Å². The van der Waals surface area contributed by atoms with Crippen molar-refractivity contribution in [1.82, 2.24) is 14.8 Å². The molecule has 3 aromatic rings. The van der Waals surface area contributed by atoms with E-state index in [0.717, 1.165) is 30.2 Å². The molecule has 1 N–H and O–H groups in total. The molecule has 1 amide bonds. The molecule has 1 aliphatic rings. The zero-order valence-electron chi connectivity index (χ0n) is 14.6. The smallest absolute Gasteiger partial charge is 0.238 e. The monoisotopic (exact) mass is 415 g/mol. The number of thiophene rings is 2. The lowest BCUT2D eigenvalue weighted by molar-refractivity contribution is -0.115. The quantitative estimate of drug-likeness (QED) is 0.581. The van der Waals surface area contributed by atoms with Crippen LogP contribution in [0, 0.1) is 11.3 Å². The van der Waals surface area contributed by atoms with Crippen LogP contribution in [0.1, 0.15) is 42.1 Å². The second kappa shape index (κ2) is 7.84. The molecule has 138 valence electrons. The van der Waals surface area contributed by atoms with E-state index < -0.39 is 0 Å². The fourth-order valence-electron chi connectivity index (χ4n) is 2.70. The van der Waals surface area contributed by atoms with Crippen molar-refractivity contribution in [1.29, 1.82) is 5.26 Å². The number of rotatable bonds is 7. The van der Waals surface area contributed by atoms with E-state index in [0.29, 0.717) is 16.6 Å². The lowest BCUT2D eigenvalue weighted by Gasteiger charge is -2.13. The van der Waals surface area contributed by atoms with Gasteiger partial charge in [-0.15, -0.1) is 32.9 Å². The first-order chi connectivity index (χ1) is 13.2. The maximum absolute atomic E-state index is 12.6. The fraction of sp³-hybridized carbons (Fsp3) is 0.333. The number of amides is 1. The summed E-state index contributed by atoms with van der Waals surface area (Å²) in [7, 11) is 0. The van der Waals surface area contributed by atoms with E-state index in [1.54, 1.807) is 22.8 Å². The van der Waals surface area contributed by atoms with Crippen LogP contribution in [0.15, 0.2) is 34.1 Å². The Morgan fingerprint density at radius 3 is 2.96 bits per heavy atom. The highest BCUT2D eigenvalue weighted by atomic mass is 32.2. The molecule has 9 heteroatoms. The Balaban J connectivity index is 1.48. The van der Waals surface area contributed by atoms with Crippen LogP contribution in [-0.2, 0) is 11.2 Å². The molecule has 1 atom stereocenters. The molecule has 0 saturated heterocycles. The number of aromatic nitrogens is 3. The zero-order chi connectivity index (χ0) is 18.8. The molecule has 4 rings (SSSR count). The van der Waals surface area contributed by atoms with Gasteiger partial charge in [-0.1, -0.05) is 17.8 Å². The molecule has 0 bridgehead atoms. The number of nitriles is 1. The maximum Gasteiger partial charge on any atom is 0.238 e. The Hall–Kier alpha value is -2.15. The van der Waals surface area contributed by atoms with Crippen molar-refractivity contribution < 1.29 is 4.79 Å². The highest BCUT2D eigenvalue weighted by Crippen LogP contribution is 2.40. The van der Waals surface area contributed by atoms with E-state index in [-0.39, 0.29) is 11.2 Å². The molecule has 3 heterocycles. The summed E-state index contributed by atoms with van der Waals surface area (Å²) in [4.78, 5) is 13.8.